The van der Waals surface area contributed by atoms with Crippen LogP contribution in [0.25, 0.3) is 0 Å². The lowest BCUT2D eigenvalue weighted by Gasteiger charge is -2.02. The first-order chi connectivity index (χ1) is 3.72. The summed E-state index contributed by atoms with van der Waals surface area (Å²) in [5, 5.41) is 0. The van der Waals surface area contributed by atoms with E-state index in [0.29, 0.717) is 5.75 Å². The van der Waals surface area contributed by atoms with Crippen molar-refractivity contribution in [1.29, 1.82) is 0 Å². The molecular weight excluding hydrogens is 124 g/mol. The summed E-state index contributed by atoms with van der Waals surface area (Å²) in [6, 6.07) is 0. The second-order valence-electron chi connectivity index (χ2n) is 1.59. The lowest BCUT2D eigenvalue weighted by molar-refractivity contribution is -0.123. The molecule has 0 aromatic heterocycles. The van der Waals surface area contributed by atoms with Crippen molar-refractivity contribution in [2.45, 2.75) is 6.92 Å². The molecule has 4 heteroatoms. The van der Waals surface area contributed by atoms with Gasteiger partial charge in [-0.05, 0) is 0 Å². The standard InChI is InChI=1S/C4H10N2OS/c1-3(2-8)4(7)6-5/h3,8H,2,5H2,1H3,(H,6,7). The van der Waals surface area contributed by atoms with Gasteiger partial charge in [0.05, 0.1) is 0 Å². The highest BCUT2D eigenvalue weighted by atomic mass is 32.1. The minimum atomic E-state index is -0.167. The minimum absolute atomic E-state index is 0.0941. The Bertz CT molecular complexity index is 86.1. The van der Waals surface area contributed by atoms with Crippen LogP contribution in [0, 0.1) is 5.92 Å². The topological polar surface area (TPSA) is 55.1 Å². The first-order valence-electron chi connectivity index (χ1n) is 2.33. The van der Waals surface area contributed by atoms with E-state index in [2.05, 4.69) is 12.6 Å². The van der Waals surface area contributed by atoms with Crippen molar-refractivity contribution in [2.24, 2.45) is 11.8 Å². The molecule has 48 valence electrons. The number of nitrogens with two attached hydrogens (primary N) is 1. The number of rotatable bonds is 2. The molecular formula is C4H10N2OS. The van der Waals surface area contributed by atoms with E-state index in [1.165, 1.54) is 0 Å². The number of hydrazine groups is 1. The Labute approximate surface area is 54.0 Å². The highest BCUT2D eigenvalue weighted by Crippen LogP contribution is 1.94. The van der Waals surface area contributed by atoms with Crippen LogP contribution in [0.4, 0.5) is 0 Å². The van der Waals surface area contributed by atoms with Gasteiger partial charge in [-0.1, -0.05) is 6.92 Å². The number of amides is 1. The molecule has 0 radical (unpaired) electrons. The number of carbonyl (C=O) groups is 1. The molecule has 3 N–H and O–H groups in total. The van der Waals surface area contributed by atoms with Gasteiger partial charge in [-0.15, -0.1) is 0 Å². The summed E-state index contributed by atoms with van der Waals surface area (Å²) in [6.07, 6.45) is 0. The molecule has 1 atom stereocenters. The Balaban J connectivity index is 3.46. The summed E-state index contributed by atoms with van der Waals surface area (Å²) in [5.74, 6) is 5.09. The fraction of sp³-hybridized carbons (Fsp3) is 0.750. The van der Waals surface area contributed by atoms with Gasteiger partial charge in [-0.25, -0.2) is 5.84 Å². The average molecular weight is 134 g/mol. The second kappa shape index (κ2) is 3.74. The maximum atomic E-state index is 10.5. The molecule has 0 aromatic rings. The van der Waals surface area contributed by atoms with Gasteiger partial charge >= 0.3 is 0 Å². The Morgan fingerprint density at radius 2 is 2.50 bits per heavy atom. The molecule has 1 amide bonds. The fourth-order valence-electron chi connectivity index (χ4n) is 0.225. The maximum Gasteiger partial charge on any atom is 0.237 e. The average Bonchev–Trinajstić information content (AvgIpc) is 1.84. The normalized spacial score (nSPS) is 12.9. The van der Waals surface area contributed by atoms with Crippen molar-refractivity contribution in [3.63, 3.8) is 0 Å². The Kier molecular flexibility index (Phi) is 3.64. The molecule has 0 rings (SSSR count). The van der Waals surface area contributed by atoms with Crippen LogP contribution < -0.4 is 11.3 Å². The van der Waals surface area contributed by atoms with E-state index in [9.17, 15) is 4.79 Å². The summed E-state index contributed by atoms with van der Waals surface area (Å²) in [5.41, 5.74) is 2.03. The van der Waals surface area contributed by atoms with Crippen LogP contribution in [-0.2, 0) is 4.79 Å². The van der Waals surface area contributed by atoms with Crippen LogP contribution >= 0.6 is 12.6 Å². The summed E-state index contributed by atoms with van der Waals surface area (Å²) >= 11 is 3.89. The SMILES string of the molecule is CC(CS)C(=O)NN. The van der Waals surface area contributed by atoms with Crippen molar-refractivity contribution < 1.29 is 4.79 Å². The summed E-state index contributed by atoms with van der Waals surface area (Å²) in [7, 11) is 0. The Hall–Kier alpha value is -0.220. The van der Waals surface area contributed by atoms with E-state index in [4.69, 9.17) is 5.84 Å². The predicted octanol–water partition coefficient (Wildman–Crippen LogP) is -0.458. The van der Waals surface area contributed by atoms with Gasteiger partial charge in [0, 0.05) is 11.7 Å². The molecule has 0 aliphatic carbocycles. The van der Waals surface area contributed by atoms with Gasteiger partial charge in [-0.2, -0.15) is 12.6 Å². The van der Waals surface area contributed by atoms with E-state index in [1.54, 1.807) is 6.92 Å². The van der Waals surface area contributed by atoms with Crippen molar-refractivity contribution in [1.82, 2.24) is 5.43 Å². The van der Waals surface area contributed by atoms with Crippen molar-refractivity contribution >= 4 is 18.5 Å². The van der Waals surface area contributed by atoms with E-state index < -0.39 is 0 Å². The van der Waals surface area contributed by atoms with E-state index in [1.807, 2.05) is 5.43 Å². The zero-order valence-electron chi connectivity index (χ0n) is 4.72. The number of nitrogens with one attached hydrogen (secondary N) is 1. The van der Waals surface area contributed by atoms with Gasteiger partial charge in [0.25, 0.3) is 0 Å². The number of hydrogen-bond donors (Lipinski definition) is 3. The highest BCUT2D eigenvalue weighted by molar-refractivity contribution is 7.80. The van der Waals surface area contributed by atoms with E-state index in [0.717, 1.165) is 0 Å². The van der Waals surface area contributed by atoms with Crippen molar-refractivity contribution in [3.8, 4) is 0 Å². The lowest BCUT2D eigenvalue weighted by atomic mass is 10.2. The van der Waals surface area contributed by atoms with Gasteiger partial charge in [-0.3, -0.25) is 10.2 Å². The molecule has 0 bridgehead atoms. The van der Waals surface area contributed by atoms with E-state index >= 15 is 0 Å². The molecule has 8 heavy (non-hydrogen) atoms. The third kappa shape index (κ3) is 2.18. The van der Waals surface area contributed by atoms with Gasteiger partial charge < -0.3 is 0 Å². The highest BCUT2D eigenvalue weighted by Gasteiger charge is 2.06. The smallest absolute Gasteiger partial charge is 0.237 e. The van der Waals surface area contributed by atoms with Crippen LogP contribution in [-0.4, -0.2) is 11.7 Å². The maximum absolute atomic E-state index is 10.5. The fourth-order valence-corrected chi connectivity index (χ4v) is 0.391. The molecule has 3 nitrogen and oxygen atoms in total. The zero-order valence-corrected chi connectivity index (χ0v) is 5.61. The minimum Gasteiger partial charge on any atom is -0.294 e. The monoisotopic (exact) mass is 134 g/mol. The van der Waals surface area contributed by atoms with Crippen LogP contribution in [0.3, 0.4) is 0 Å². The number of carbonyl (C=O) groups excluding carboxylic acids is 1. The number of thiol groups is 1. The van der Waals surface area contributed by atoms with Gasteiger partial charge in [0.15, 0.2) is 0 Å². The molecule has 0 aromatic carbocycles. The van der Waals surface area contributed by atoms with Crippen LogP contribution in [0.2, 0.25) is 0 Å². The summed E-state index contributed by atoms with van der Waals surface area (Å²) in [6.45, 7) is 1.76. The van der Waals surface area contributed by atoms with Gasteiger partial charge in [0.2, 0.25) is 5.91 Å². The van der Waals surface area contributed by atoms with Crippen molar-refractivity contribution in [2.75, 3.05) is 5.75 Å². The molecule has 0 aliphatic heterocycles. The lowest BCUT2D eigenvalue weighted by Crippen LogP contribution is -2.35. The Morgan fingerprint density at radius 3 is 2.62 bits per heavy atom. The largest absolute Gasteiger partial charge is 0.294 e. The van der Waals surface area contributed by atoms with Crippen LogP contribution in [0.1, 0.15) is 6.92 Å². The quantitative estimate of drug-likeness (QED) is 0.207. The third-order valence-electron chi connectivity index (χ3n) is 0.864. The Morgan fingerprint density at radius 1 is 2.00 bits per heavy atom. The van der Waals surface area contributed by atoms with Gasteiger partial charge in [0.1, 0.15) is 0 Å². The second-order valence-corrected chi connectivity index (χ2v) is 1.96. The van der Waals surface area contributed by atoms with Crippen LogP contribution in [0.5, 0.6) is 0 Å². The first kappa shape index (κ1) is 7.78. The predicted molar refractivity (Wildman–Crippen MR) is 35.3 cm³/mol. The molecule has 0 aliphatic rings. The summed E-state index contributed by atoms with van der Waals surface area (Å²) in [4.78, 5) is 10.5. The number of hydrogen-bond acceptors (Lipinski definition) is 3. The third-order valence-corrected chi connectivity index (χ3v) is 1.41. The zero-order chi connectivity index (χ0) is 6.57. The van der Waals surface area contributed by atoms with Crippen LogP contribution in [0.15, 0.2) is 0 Å². The molecule has 0 heterocycles. The molecule has 0 spiro atoms. The molecule has 0 saturated heterocycles. The van der Waals surface area contributed by atoms with Crippen molar-refractivity contribution in [3.05, 3.63) is 0 Å². The summed E-state index contributed by atoms with van der Waals surface area (Å²) < 4.78 is 0. The molecule has 0 saturated carbocycles. The molecule has 1 unspecified atom stereocenters. The van der Waals surface area contributed by atoms with E-state index in [-0.39, 0.29) is 11.8 Å². The molecule has 0 fully saturated rings. The first-order valence-corrected chi connectivity index (χ1v) is 2.97.